The molecule has 0 aliphatic rings. The first-order valence-corrected chi connectivity index (χ1v) is 9.14. The summed E-state index contributed by atoms with van der Waals surface area (Å²) in [5.41, 5.74) is 6.99. The fourth-order valence-corrected chi connectivity index (χ4v) is 5.51. The van der Waals surface area contributed by atoms with E-state index in [1.807, 2.05) is 0 Å². The summed E-state index contributed by atoms with van der Waals surface area (Å²) < 4.78 is 0. The molecule has 0 spiro atoms. The summed E-state index contributed by atoms with van der Waals surface area (Å²) in [6, 6.07) is 12.0. The van der Waals surface area contributed by atoms with Crippen LogP contribution >= 0.6 is 0 Å². The number of aryl methyl sites for hydroxylation is 5. The number of benzene rings is 5. The fraction of sp³-hybridized carbons (Fsp3) is 0.200. The van der Waals surface area contributed by atoms with Gasteiger partial charge in [0.15, 0.2) is 0 Å². The third-order valence-corrected chi connectivity index (χ3v) is 6.49. The summed E-state index contributed by atoms with van der Waals surface area (Å²) in [4.78, 5) is 0. The Bertz CT molecular complexity index is 1460. The summed E-state index contributed by atoms with van der Waals surface area (Å²) in [5, 5.41) is 14.6. The van der Waals surface area contributed by atoms with E-state index in [9.17, 15) is 0 Å². The molecule has 0 amide bonds. The molecule has 0 radical (unpaired) electrons. The van der Waals surface area contributed by atoms with Crippen LogP contribution in [-0.2, 0) is 0 Å². The van der Waals surface area contributed by atoms with Crippen molar-refractivity contribution < 1.29 is 0 Å². The van der Waals surface area contributed by atoms with E-state index in [0.717, 1.165) is 0 Å². The van der Waals surface area contributed by atoms with Gasteiger partial charge in [-0.05, 0) is 116 Å². The maximum Gasteiger partial charge on any atom is -0.000843 e. The van der Waals surface area contributed by atoms with Crippen molar-refractivity contribution >= 4 is 53.9 Å². The van der Waals surface area contributed by atoms with Crippen LogP contribution in [0.2, 0.25) is 0 Å². The Hall–Kier alpha value is -2.60. The highest BCUT2D eigenvalue weighted by Gasteiger charge is 2.24. The van der Waals surface area contributed by atoms with Crippen molar-refractivity contribution in [1.29, 1.82) is 0 Å². The van der Waals surface area contributed by atoms with Crippen LogP contribution in [0.1, 0.15) is 27.8 Å². The molecule has 0 heteroatoms. The van der Waals surface area contributed by atoms with E-state index in [2.05, 4.69) is 65.0 Å². The molecule has 0 aliphatic carbocycles. The maximum absolute atomic E-state index is 2.41. The second-order valence-corrected chi connectivity index (χ2v) is 8.08. The minimum absolute atomic E-state index is 1.39. The van der Waals surface area contributed by atoms with Gasteiger partial charge in [0.2, 0.25) is 0 Å². The smallest absolute Gasteiger partial charge is 0.000843 e. The van der Waals surface area contributed by atoms with E-state index >= 15 is 0 Å². The van der Waals surface area contributed by atoms with Gasteiger partial charge in [0.25, 0.3) is 0 Å². The molecule has 0 unspecified atom stereocenters. The van der Waals surface area contributed by atoms with E-state index in [4.69, 9.17) is 0 Å². The van der Waals surface area contributed by atoms with Crippen molar-refractivity contribution in [2.75, 3.05) is 0 Å². The molecule has 6 aromatic carbocycles. The van der Waals surface area contributed by atoms with Crippen LogP contribution in [0.5, 0.6) is 0 Å². The Morgan fingerprint density at radius 3 is 1.40 bits per heavy atom. The molecule has 0 fully saturated rings. The highest BCUT2D eigenvalue weighted by molar-refractivity contribution is 6.45. The molecule has 120 valence electrons. The predicted molar refractivity (Wildman–Crippen MR) is 111 cm³/mol. The first-order valence-electron chi connectivity index (χ1n) is 9.14. The van der Waals surface area contributed by atoms with Gasteiger partial charge in [-0.1, -0.05) is 30.3 Å². The van der Waals surface area contributed by atoms with Gasteiger partial charge in [-0.15, -0.1) is 0 Å². The van der Waals surface area contributed by atoms with Crippen molar-refractivity contribution in [3.05, 3.63) is 58.1 Å². The van der Waals surface area contributed by atoms with Gasteiger partial charge in [-0.3, -0.25) is 0 Å². The van der Waals surface area contributed by atoms with Gasteiger partial charge in [0, 0.05) is 0 Å². The largest absolute Gasteiger partial charge is 0.0508 e. The van der Waals surface area contributed by atoms with Crippen molar-refractivity contribution in [1.82, 2.24) is 0 Å². The molecule has 0 saturated carbocycles. The molecule has 25 heavy (non-hydrogen) atoms. The zero-order chi connectivity index (χ0) is 17.2. The molecule has 0 heterocycles. The molecule has 0 aliphatic heterocycles. The van der Waals surface area contributed by atoms with Crippen molar-refractivity contribution in [2.24, 2.45) is 0 Å². The van der Waals surface area contributed by atoms with Gasteiger partial charge in [-0.25, -0.2) is 0 Å². The zero-order valence-electron chi connectivity index (χ0n) is 15.4. The minimum atomic E-state index is 1.39. The molecular weight excluding hydrogens is 300 g/mol. The lowest BCUT2D eigenvalue weighted by atomic mass is 9.91. The van der Waals surface area contributed by atoms with E-state index in [1.54, 1.807) is 0 Å². The summed E-state index contributed by atoms with van der Waals surface area (Å²) in [6.45, 7) is 11.3. The Kier molecular flexibility index (Phi) is 2.17. The Balaban J connectivity index is 2.21. The average Bonchev–Trinajstić information content (AvgIpc) is 2.90. The third-order valence-electron chi connectivity index (χ3n) is 6.49. The SMILES string of the molecule is Cc1cc2cc(C)c3c(C)cc4c(C)cc5c(C)cc1c1c2c3c4c51. The monoisotopic (exact) mass is 320 g/mol. The predicted octanol–water partition coefficient (Wildman–Crippen LogP) is 7.31. The third kappa shape index (κ3) is 1.34. The second-order valence-electron chi connectivity index (χ2n) is 8.08. The highest BCUT2D eigenvalue weighted by Crippen LogP contribution is 2.51. The van der Waals surface area contributed by atoms with E-state index < -0.39 is 0 Å². The van der Waals surface area contributed by atoms with Crippen LogP contribution in [0.15, 0.2) is 30.3 Å². The fourth-order valence-electron chi connectivity index (χ4n) is 5.51. The Labute approximate surface area is 147 Å². The van der Waals surface area contributed by atoms with Gasteiger partial charge in [-0.2, -0.15) is 0 Å². The molecule has 0 bridgehead atoms. The van der Waals surface area contributed by atoms with Crippen molar-refractivity contribution in [3.8, 4) is 0 Å². The lowest BCUT2D eigenvalue weighted by Crippen LogP contribution is -1.88. The van der Waals surface area contributed by atoms with Gasteiger partial charge < -0.3 is 0 Å². The number of hydrogen-bond acceptors (Lipinski definition) is 0. The van der Waals surface area contributed by atoms with Crippen molar-refractivity contribution in [2.45, 2.75) is 34.6 Å². The Morgan fingerprint density at radius 1 is 0.360 bits per heavy atom. The quantitative estimate of drug-likeness (QED) is 0.257. The van der Waals surface area contributed by atoms with Crippen LogP contribution in [0.3, 0.4) is 0 Å². The lowest BCUT2D eigenvalue weighted by molar-refractivity contribution is 1.48. The number of hydrogen-bond donors (Lipinski definition) is 0. The van der Waals surface area contributed by atoms with Crippen LogP contribution in [0.4, 0.5) is 0 Å². The molecule has 0 nitrogen and oxygen atoms in total. The second kappa shape index (κ2) is 3.96. The first-order chi connectivity index (χ1) is 12.0. The molecule has 0 N–H and O–H groups in total. The van der Waals surface area contributed by atoms with Gasteiger partial charge in [0.1, 0.15) is 0 Å². The molecular formula is C25H20. The van der Waals surface area contributed by atoms with Crippen LogP contribution in [0.25, 0.3) is 53.9 Å². The standard InChI is InChI=1S/C25H20/c1-11-6-16-7-14(4)20-15(5)10-19-13(3)9-18-12(2)8-17(11)22-21(16)25(20)24(19)23(18)22/h6-10H,1-5H3. The summed E-state index contributed by atoms with van der Waals surface area (Å²) >= 11 is 0. The van der Waals surface area contributed by atoms with Gasteiger partial charge in [0.05, 0.1) is 0 Å². The Morgan fingerprint density at radius 2 is 0.760 bits per heavy atom. The summed E-state index contributed by atoms with van der Waals surface area (Å²) in [5.74, 6) is 0. The van der Waals surface area contributed by atoms with Gasteiger partial charge >= 0.3 is 0 Å². The highest BCUT2D eigenvalue weighted by atomic mass is 14.3. The van der Waals surface area contributed by atoms with E-state index in [0.29, 0.717) is 0 Å². The van der Waals surface area contributed by atoms with E-state index in [-0.39, 0.29) is 0 Å². The molecule has 0 atom stereocenters. The molecule has 0 saturated heterocycles. The maximum atomic E-state index is 2.41. The topological polar surface area (TPSA) is 0 Å². The average molecular weight is 320 g/mol. The molecule has 6 rings (SSSR count). The van der Waals surface area contributed by atoms with Crippen molar-refractivity contribution in [3.63, 3.8) is 0 Å². The molecule has 0 aromatic heterocycles. The van der Waals surface area contributed by atoms with Crippen LogP contribution in [-0.4, -0.2) is 0 Å². The first kappa shape index (κ1) is 13.7. The minimum Gasteiger partial charge on any atom is -0.0508 e. The number of rotatable bonds is 0. The summed E-state index contributed by atoms with van der Waals surface area (Å²) in [6.07, 6.45) is 0. The summed E-state index contributed by atoms with van der Waals surface area (Å²) in [7, 11) is 0. The van der Waals surface area contributed by atoms with E-state index in [1.165, 1.54) is 81.7 Å². The zero-order valence-corrected chi connectivity index (χ0v) is 15.4. The molecule has 6 aromatic rings. The normalized spacial score (nSPS) is 13.0. The lowest BCUT2D eigenvalue weighted by Gasteiger charge is -2.12. The van der Waals surface area contributed by atoms with Crippen LogP contribution < -0.4 is 0 Å². The van der Waals surface area contributed by atoms with Crippen LogP contribution in [0, 0.1) is 34.6 Å².